The van der Waals surface area contributed by atoms with Crippen LogP contribution in [0.3, 0.4) is 0 Å². The molecule has 7 aromatic carbocycles. The van der Waals surface area contributed by atoms with Crippen LogP contribution in [-0.4, -0.2) is 16.2 Å². The molecule has 1 aliphatic rings. The first-order valence-corrected chi connectivity index (χ1v) is 17.0. The number of rotatable bonds is 4. The van der Waals surface area contributed by atoms with Gasteiger partial charge in [-0.2, -0.15) is 0 Å². The summed E-state index contributed by atoms with van der Waals surface area (Å²) in [5.74, 6) is 1.52. The summed E-state index contributed by atoms with van der Waals surface area (Å²) in [6.07, 6.45) is -0.406. The number of aromatic nitrogens is 1. The molecule has 2 aromatic heterocycles. The van der Waals surface area contributed by atoms with Crippen LogP contribution >= 0.6 is 11.3 Å². The molecule has 5 heteroatoms. The van der Waals surface area contributed by atoms with E-state index >= 15 is 0 Å². The van der Waals surface area contributed by atoms with Gasteiger partial charge in [-0.1, -0.05) is 146 Å². The number of para-hydroxylation sites is 1. The lowest BCUT2D eigenvalue weighted by molar-refractivity contribution is 0.516. The Kier molecular flexibility index (Phi) is 6.08. The van der Waals surface area contributed by atoms with E-state index in [2.05, 4.69) is 131 Å². The molecule has 0 amide bonds. The summed E-state index contributed by atoms with van der Waals surface area (Å²) in [5.41, 5.74) is 6.69. The van der Waals surface area contributed by atoms with Crippen LogP contribution < -0.4 is 5.32 Å². The molecule has 10 rings (SSSR count). The predicted molar refractivity (Wildman–Crippen MR) is 203 cm³/mol. The molecule has 0 fully saturated rings. The molecule has 0 spiro atoms. The summed E-state index contributed by atoms with van der Waals surface area (Å²) >= 11 is 1.89. The van der Waals surface area contributed by atoms with Crippen molar-refractivity contribution in [1.82, 2.24) is 9.88 Å². The summed E-state index contributed by atoms with van der Waals surface area (Å²) in [7, 11) is 0. The number of benzene rings is 7. The smallest absolute Gasteiger partial charge is 0.204 e. The molecule has 4 nitrogen and oxygen atoms in total. The topological polar surface area (TPSA) is 41.7 Å². The molecule has 0 radical (unpaired) electrons. The van der Waals surface area contributed by atoms with Crippen molar-refractivity contribution in [2.24, 2.45) is 9.98 Å². The Morgan fingerprint density at radius 3 is 2.02 bits per heavy atom. The SMILES string of the molecule is c1ccc(C2=NC(n3c4ccccc4c4ccc(-c5cccc6c5sc5c7ccccc7ccc65)cc43)NC(c3ccccc3)=N2)cc1. The molecular weight excluding hydrogens is 605 g/mol. The molecule has 3 heterocycles. The first kappa shape index (κ1) is 27.1. The van der Waals surface area contributed by atoms with Gasteiger partial charge in [-0.15, -0.1) is 11.3 Å². The lowest BCUT2D eigenvalue weighted by Crippen LogP contribution is -2.36. The number of nitrogens with zero attached hydrogens (tertiary/aromatic N) is 3. The summed E-state index contributed by atoms with van der Waals surface area (Å²) in [6.45, 7) is 0. The van der Waals surface area contributed by atoms with Gasteiger partial charge in [0, 0.05) is 42.1 Å². The standard InChI is InChI=1S/C43H28N4S/c1-3-13-28(14-4-1)41-44-42(29-15-5-2-6-16-29)46-43(45-41)47-37-21-10-9-18-33(37)34-24-23-30(26-38(34)47)32-19-11-20-35-36-25-22-27-12-7-8-17-31(27)39(36)48-40(32)35/h1-26,43H,(H,44,45,46). The highest BCUT2D eigenvalue weighted by Gasteiger charge is 2.25. The number of hydrogen-bond donors (Lipinski definition) is 1. The summed E-state index contributed by atoms with van der Waals surface area (Å²) in [6, 6.07) is 56.0. The third-order valence-electron chi connectivity index (χ3n) is 9.46. The largest absolute Gasteiger partial charge is 0.331 e. The highest BCUT2D eigenvalue weighted by molar-refractivity contribution is 7.27. The maximum Gasteiger partial charge on any atom is 0.204 e. The van der Waals surface area contributed by atoms with Gasteiger partial charge < -0.3 is 9.88 Å². The molecule has 48 heavy (non-hydrogen) atoms. The molecule has 226 valence electrons. The van der Waals surface area contributed by atoms with Crippen molar-refractivity contribution < 1.29 is 0 Å². The molecule has 9 aromatic rings. The average molecular weight is 633 g/mol. The van der Waals surface area contributed by atoms with Crippen LogP contribution in [0.25, 0.3) is 63.9 Å². The summed E-state index contributed by atoms with van der Waals surface area (Å²) in [5, 5.41) is 11.3. The highest BCUT2D eigenvalue weighted by Crippen LogP contribution is 2.44. The second kappa shape index (κ2) is 10.8. The van der Waals surface area contributed by atoms with Crippen molar-refractivity contribution in [1.29, 1.82) is 0 Å². The maximum absolute atomic E-state index is 5.26. The van der Waals surface area contributed by atoms with Crippen LogP contribution in [0.2, 0.25) is 0 Å². The minimum absolute atomic E-state index is 0.406. The Hall–Kier alpha value is -6.04. The van der Waals surface area contributed by atoms with Crippen molar-refractivity contribution in [3.8, 4) is 11.1 Å². The molecule has 1 atom stereocenters. The highest BCUT2D eigenvalue weighted by atomic mass is 32.1. The average Bonchev–Trinajstić information content (AvgIpc) is 3.71. The quantitative estimate of drug-likeness (QED) is 0.206. The van der Waals surface area contributed by atoms with Gasteiger partial charge in [0.1, 0.15) is 5.84 Å². The van der Waals surface area contributed by atoms with Gasteiger partial charge in [0.2, 0.25) is 6.29 Å². The molecule has 0 bridgehead atoms. The molecule has 1 N–H and O–H groups in total. The van der Waals surface area contributed by atoms with Crippen molar-refractivity contribution in [2.45, 2.75) is 6.29 Å². The minimum Gasteiger partial charge on any atom is -0.331 e. The fourth-order valence-electron chi connectivity index (χ4n) is 7.21. The third kappa shape index (κ3) is 4.21. The van der Waals surface area contributed by atoms with Gasteiger partial charge in [-0.25, -0.2) is 9.98 Å². The number of nitrogens with one attached hydrogen (secondary N) is 1. The minimum atomic E-state index is -0.406. The van der Waals surface area contributed by atoms with Crippen LogP contribution in [0, 0.1) is 0 Å². The number of hydrogen-bond acceptors (Lipinski definition) is 4. The second-order valence-corrected chi connectivity index (χ2v) is 13.3. The number of amidine groups is 2. The molecule has 0 saturated heterocycles. The number of fused-ring (bicyclic) bond motifs is 8. The second-order valence-electron chi connectivity index (χ2n) is 12.2. The van der Waals surface area contributed by atoms with E-state index in [9.17, 15) is 0 Å². The lowest BCUT2D eigenvalue weighted by atomic mass is 10.0. The van der Waals surface area contributed by atoms with Crippen molar-refractivity contribution in [3.63, 3.8) is 0 Å². The Morgan fingerprint density at radius 2 is 1.17 bits per heavy atom. The van der Waals surface area contributed by atoms with Gasteiger partial charge in [0.15, 0.2) is 5.84 Å². The van der Waals surface area contributed by atoms with Crippen molar-refractivity contribution in [3.05, 3.63) is 169 Å². The zero-order valence-electron chi connectivity index (χ0n) is 25.8. The Morgan fingerprint density at radius 1 is 0.500 bits per heavy atom. The van der Waals surface area contributed by atoms with Crippen molar-refractivity contribution in [2.75, 3.05) is 0 Å². The first-order chi connectivity index (χ1) is 23.8. The van der Waals surface area contributed by atoms with E-state index in [-0.39, 0.29) is 0 Å². The van der Waals surface area contributed by atoms with Gasteiger partial charge in [0.05, 0.1) is 11.0 Å². The van der Waals surface area contributed by atoms with E-state index in [0.717, 1.165) is 28.0 Å². The van der Waals surface area contributed by atoms with Gasteiger partial charge in [-0.3, -0.25) is 0 Å². The number of thiophene rings is 1. The summed E-state index contributed by atoms with van der Waals surface area (Å²) in [4.78, 5) is 10.3. The van der Waals surface area contributed by atoms with Crippen LogP contribution in [0.4, 0.5) is 0 Å². The fourth-order valence-corrected chi connectivity index (χ4v) is 8.59. The third-order valence-corrected chi connectivity index (χ3v) is 10.8. The van der Waals surface area contributed by atoms with Crippen LogP contribution in [-0.2, 0) is 0 Å². The van der Waals surface area contributed by atoms with Gasteiger partial charge in [-0.05, 0) is 34.0 Å². The van der Waals surface area contributed by atoms with Crippen LogP contribution in [0.1, 0.15) is 17.4 Å². The molecule has 1 unspecified atom stereocenters. The van der Waals surface area contributed by atoms with E-state index in [0.29, 0.717) is 5.84 Å². The predicted octanol–water partition coefficient (Wildman–Crippen LogP) is 10.9. The zero-order chi connectivity index (χ0) is 31.6. The monoisotopic (exact) mass is 632 g/mol. The van der Waals surface area contributed by atoms with Crippen LogP contribution in [0.5, 0.6) is 0 Å². The molecular formula is C43H28N4S. The van der Waals surface area contributed by atoms with Gasteiger partial charge in [0.25, 0.3) is 0 Å². The van der Waals surface area contributed by atoms with E-state index in [1.807, 2.05) is 47.7 Å². The first-order valence-electron chi connectivity index (χ1n) is 16.2. The number of aliphatic imine (C=N–C) groups is 2. The lowest BCUT2D eigenvalue weighted by Gasteiger charge is -2.26. The maximum atomic E-state index is 5.26. The van der Waals surface area contributed by atoms with E-state index < -0.39 is 6.29 Å². The van der Waals surface area contributed by atoms with Crippen LogP contribution in [0.15, 0.2) is 168 Å². The fraction of sp³-hybridized carbons (Fsp3) is 0.0233. The zero-order valence-corrected chi connectivity index (χ0v) is 26.7. The van der Waals surface area contributed by atoms with E-state index in [1.54, 1.807) is 0 Å². The Bertz CT molecular complexity index is 2750. The Balaban J connectivity index is 1.20. The molecule has 1 aliphatic heterocycles. The van der Waals surface area contributed by atoms with Crippen molar-refractivity contribution >= 4 is 75.8 Å². The van der Waals surface area contributed by atoms with E-state index in [4.69, 9.17) is 9.98 Å². The molecule has 0 aliphatic carbocycles. The Labute approximate surface area is 281 Å². The normalized spacial score (nSPS) is 14.9. The molecule has 0 saturated carbocycles. The van der Waals surface area contributed by atoms with E-state index in [1.165, 1.54) is 52.8 Å². The van der Waals surface area contributed by atoms with Gasteiger partial charge >= 0.3 is 0 Å². The summed E-state index contributed by atoms with van der Waals surface area (Å²) < 4.78 is 4.99.